The summed E-state index contributed by atoms with van der Waals surface area (Å²) in [5.74, 6) is 2.24. The highest BCUT2D eigenvalue weighted by molar-refractivity contribution is 5.60. The van der Waals surface area contributed by atoms with Gasteiger partial charge in [-0.05, 0) is 42.9 Å². The second-order valence-corrected chi connectivity index (χ2v) is 6.20. The fourth-order valence-corrected chi connectivity index (χ4v) is 2.61. The van der Waals surface area contributed by atoms with Crippen LogP contribution >= 0.6 is 0 Å². The Labute approximate surface area is 111 Å². The first-order valence-corrected chi connectivity index (χ1v) is 7.01. The van der Waals surface area contributed by atoms with E-state index in [0.29, 0.717) is 17.9 Å². The van der Waals surface area contributed by atoms with Crippen molar-refractivity contribution in [2.24, 2.45) is 11.8 Å². The first-order chi connectivity index (χ1) is 8.47. The van der Waals surface area contributed by atoms with E-state index in [1.807, 2.05) is 0 Å². The Morgan fingerprint density at radius 1 is 1.22 bits per heavy atom. The quantitative estimate of drug-likeness (QED) is 0.862. The molecule has 18 heavy (non-hydrogen) atoms. The maximum absolute atomic E-state index is 6.24. The van der Waals surface area contributed by atoms with Crippen LogP contribution < -0.4 is 10.1 Å². The second kappa shape index (κ2) is 5.21. The summed E-state index contributed by atoms with van der Waals surface area (Å²) in [5.41, 5.74) is 2.39. The normalized spacial score (nSPS) is 22.6. The molecule has 2 heteroatoms. The molecular weight excluding hydrogens is 222 g/mol. The lowest BCUT2D eigenvalue weighted by atomic mass is 9.90. The monoisotopic (exact) mass is 247 g/mol. The van der Waals surface area contributed by atoms with E-state index in [1.165, 1.54) is 5.56 Å². The van der Waals surface area contributed by atoms with Gasteiger partial charge in [0.05, 0.1) is 11.7 Å². The van der Waals surface area contributed by atoms with Crippen LogP contribution in [-0.4, -0.2) is 12.1 Å². The molecule has 1 aliphatic heterocycles. The molecule has 1 aromatic carbocycles. The minimum atomic E-state index is 0.277. The van der Waals surface area contributed by atoms with Crippen molar-refractivity contribution in [2.75, 3.05) is 5.32 Å². The first-order valence-electron chi connectivity index (χ1n) is 7.01. The maximum Gasteiger partial charge on any atom is 0.143 e. The average Bonchev–Trinajstić information content (AvgIpc) is 2.26. The van der Waals surface area contributed by atoms with Crippen LogP contribution in [-0.2, 0) is 0 Å². The Bertz CT molecular complexity index is 412. The zero-order valence-electron chi connectivity index (χ0n) is 12.2. The molecule has 1 N–H and O–H groups in total. The van der Waals surface area contributed by atoms with Crippen molar-refractivity contribution in [3.8, 4) is 5.75 Å². The molecule has 0 spiro atoms. The highest BCUT2D eigenvalue weighted by Gasteiger charge is 2.31. The molecule has 0 aromatic heterocycles. The molecule has 1 heterocycles. The van der Waals surface area contributed by atoms with E-state index in [1.54, 1.807) is 0 Å². The van der Waals surface area contributed by atoms with Crippen LogP contribution in [0.4, 0.5) is 5.69 Å². The highest BCUT2D eigenvalue weighted by atomic mass is 16.5. The summed E-state index contributed by atoms with van der Waals surface area (Å²) in [4.78, 5) is 0. The van der Waals surface area contributed by atoms with Crippen molar-refractivity contribution in [2.45, 2.75) is 53.2 Å². The molecule has 0 aliphatic carbocycles. The van der Waals surface area contributed by atoms with E-state index in [-0.39, 0.29) is 6.10 Å². The Kier molecular flexibility index (Phi) is 3.84. The van der Waals surface area contributed by atoms with Crippen molar-refractivity contribution in [3.63, 3.8) is 0 Å². The number of hydrogen-bond acceptors (Lipinski definition) is 2. The van der Waals surface area contributed by atoms with Crippen LogP contribution in [0.15, 0.2) is 18.2 Å². The Balaban J connectivity index is 2.25. The van der Waals surface area contributed by atoms with Crippen LogP contribution in [0.2, 0.25) is 0 Å². The Hall–Kier alpha value is -1.18. The summed E-state index contributed by atoms with van der Waals surface area (Å²) in [6.45, 7) is 11.1. The topological polar surface area (TPSA) is 21.3 Å². The molecule has 1 aromatic rings. The number of fused-ring (bicyclic) bond motifs is 1. The van der Waals surface area contributed by atoms with Crippen LogP contribution in [0.1, 0.15) is 39.7 Å². The molecule has 0 radical (unpaired) electrons. The lowest BCUT2D eigenvalue weighted by molar-refractivity contribution is 0.125. The van der Waals surface area contributed by atoms with E-state index < -0.39 is 0 Å². The van der Waals surface area contributed by atoms with Gasteiger partial charge in [0.25, 0.3) is 0 Å². The van der Waals surface area contributed by atoms with Crippen molar-refractivity contribution in [1.29, 1.82) is 0 Å². The van der Waals surface area contributed by atoms with Gasteiger partial charge in [-0.2, -0.15) is 0 Å². The summed E-state index contributed by atoms with van der Waals surface area (Å²) < 4.78 is 6.24. The molecule has 0 fully saturated rings. The fraction of sp³-hybridized carbons (Fsp3) is 0.625. The van der Waals surface area contributed by atoms with Crippen molar-refractivity contribution < 1.29 is 4.74 Å². The van der Waals surface area contributed by atoms with Crippen molar-refractivity contribution in [1.82, 2.24) is 0 Å². The second-order valence-electron chi connectivity index (χ2n) is 6.20. The number of hydrogen-bond donors (Lipinski definition) is 1. The molecule has 2 nitrogen and oxygen atoms in total. The molecule has 2 atom stereocenters. The minimum Gasteiger partial charge on any atom is -0.486 e. The van der Waals surface area contributed by atoms with Gasteiger partial charge in [-0.3, -0.25) is 0 Å². The molecular formula is C16H25NO. The Morgan fingerprint density at radius 2 is 1.94 bits per heavy atom. The number of ether oxygens (including phenoxy) is 1. The smallest absolute Gasteiger partial charge is 0.143 e. The molecule has 0 saturated carbocycles. The molecule has 0 amide bonds. The van der Waals surface area contributed by atoms with Gasteiger partial charge in [-0.1, -0.05) is 33.8 Å². The van der Waals surface area contributed by atoms with Crippen molar-refractivity contribution >= 4 is 5.69 Å². The summed E-state index contributed by atoms with van der Waals surface area (Å²) in [7, 11) is 0. The predicted molar refractivity (Wildman–Crippen MR) is 77.3 cm³/mol. The summed E-state index contributed by atoms with van der Waals surface area (Å²) in [5, 5.41) is 3.65. The van der Waals surface area contributed by atoms with Gasteiger partial charge in [0.1, 0.15) is 11.9 Å². The molecule has 0 bridgehead atoms. The van der Waals surface area contributed by atoms with Gasteiger partial charge >= 0.3 is 0 Å². The van der Waals surface area contributed by atoms with Crippen molar-refractivity contribution in [3.05, 3.63) is 23.8 Å². The standard InChI is InChI=1S/C16H25NO/c1-10(2)8-15-16(11(3)4)17-13-7-6-12(5)9-14(13)18-15/h6-7,9-11,15-17H,8H2,1-5H3. The summed E-state index contributed by atoms with van der Waals surface area (Å²) in [6.07, 6.45) is 1.38. The number of rotatable bonds is 3. The zero-order valence-corrected chi connectivity index (χ0v) is 12.2. The lowest BCUT2D eigenvalue weighted by Gasteiger charge is -2.38. The van der Waals surface area contributed by atoms with E-state index in [9.17, 15) is 0 Å². The number of anilines is 1. The third kappa shape index (κ3) is 2.80. The third-order valence-electron chi connectivity index (χ3n) is 3.56. The number of aryl methyl sites for hydroxylation is 1. The van der Waals surface area contributed by atoms with Gasteiger partial charge in [0.15, 0.2) is 0 Å². The van der Waals surface area contributed by atoms with E-state index in [2.05, 4.69) is 58.1 Å². The summed E-state index contributed by atoms with van der Waals surface area (Å²) >= 11 is 0. The van der Waals surface area contributed by atoms with Gasteiger partial charge in [0, 0.05) is 0 Å². The minimum absolute atomic E-state index is 0.277. The first kappa shape index (κ1) is 13.3. The van der Waals surface area contributed by atoms with E-state index >= 15 is 0 Å². The molecule has 2 unspecified atom stereocenters. The van der Waals surface area contributed by atoms with Gasteiger partial charge in [-0.15, -0.1) is 0 Å². The van der Waals surface area contributed by atoms with Crippen LogP contribution in [0.3, 0.4) is 0 Å². The maximum atomic E-state index is 6.24. The highest BCUT2D eigenvalue weighted by Crippen LogP contribution is 2.35. The number of benzene rings is 1. The molecule has 1 aliphatic rings. The largest absolute Gasteiger partial charge is 0.486 e. The SMILES string of the molecule is Cc1ccc2c(c1)OC(CC(C)C)C(C(C)C)N2. The van der Waals surface area contributed by atoms with E-state index in [4.69, 9.17) is 4.74 Å². The summed E-state index contributed by atoms with van der Waals surface area (Å²) in [6, 6.07) is 6.80. The predicted octanol–water partition coefficient (Wildman–Crippen LogP) is 4.24. The van der Waals surface area contributed by atoms with Crippen LogP contribution in [0, 0.1) is 18.8 Å². The third-order valence-corrected chi connectivity index (χ3v) is 3.56. The van der Waals surface area contributed by atoms with Gasteiger partial charge in [0.2, 0.25) is 0 Å². The molecule has 100 valence electrons. The van der Waals surface area contributed by atoms with E-state index in [0.717, 1.165) is 17.9 Å². The zero-order chi connectivity index (χ0) is 13.3. The lowest BCUT2D eigenvalue weighted by Crippen LogP contribution is -2.45. The Morgan fingerprint density at radius 3 is 2.56 bits per heavy atom. The van der Waals surface area contributed by atoms with Gasteiger partial charge < -0.3 is 10.1 Å². The van der Waals surface area contributed by atoms with Crippen LogP contribution in [0.5, 0.6) is 5.75 Å². The van der Waals surface area contributed by atoms with Crippen LogP contribution in [0.25, 0.3) is 0 Å². The van der Waals surface area contributed by atoms with Gasteiger partial charge in [-0.25, -0.2) is 0 Å². The average molecular weight is 247 g/mol. The molecule has 2 rings (SSSR count). The number of nitrogens with one attached hydrogen (secondary N) is 1. The molecule has 0 saturated heterocycles. The fourth-order valence-electron chi connectivity index (χ4n) is 2.61.